The number of nitrogens with zero attached hydrogens (tertiary/aromatic N) is 3. The number of fused-ring (bicyclic) bond motifs is 1. The van der Waals surface area contributed by atoms with Gasteiger partial charge in [-0.15, -0.1) is 0 Å². The molecule has 1 aliphatic heterocycles. The van der Waals surface area contributed by atoms with E-state index in [2.05, 4.69) is 80.9 Å². The van der Waals surface area contributed by atoms with Crippen LogP contribution >= 0.6 is 0 Å². The van der Waals surface area contributed by atoms with Crippen molar-refractivity contribution in [1.82, 2.24) is 15.2 Å². The summed E-state index contributed by atoms with van der Waals surface area (Å²) in [5.74, 6) is 0.969. The normalized spacial score (nSPS) is 14.3. The Balaban J connectivity index is 1.49. The molecule has 2 N–H and O–H groups in total. The lowest BCUT2D eigenvalue weighted by atomic mass is 10.1. The highest BCUT2D eigenvalue weighted by atomic mass is 16.5. The first kappa shape index (κ1) is 17.7. The molecule has 4 aromatic rings. The zero-order valence-electron chi connectivity index (χ0n) is 16.4. The van der Waals surface area contributed by atoms with Crippen molar-refractivity contribution < 1.29 is 4.74 Å². The third-order valence-corrected chi connectivity index (χ3v) is 5.22. The van der Waals surface area contributed by atoms with Crippen LogP contribution in [0.5, 0.6) is 0 Å². The van der Waals surface area contributed by atoms with Gasteiger partial charge in [0.1, 0.15) is 11.5 Å². The van der Waals surface area contributed by atoms with Gasteiger partial charge in [-0.3, -0.25) is 5.10 Å². The molecule has 0 radical (unpaired) electrons. The molecule has 0 spiro atoms. The van der Waals surface area contributed by atoms with Crippen LogP contribution in [-0.2, 0) is 4.74 Å². The highest BCUT2D eigenvalue weighted by Gasteiger charge is 2.15. The first-order valence-corrected chi connectivity index (χ1v) is 9.87. The number of anilines is 3. The Hall–Kier alpha value is -3.38. The van der Waals surface area contributed by atoms with E-state index in [1.807, 2.05) is 12.3 Å². The van der Waals surface area contributed by atoms with Crippen LogP contribution in [0.15, 0.2) is 60.8 Å². The average molecular weight is 385 g/mol. The summed E-state index contributed by atoms with van der Waals surface area (Å²) in [7, 11) is 0. The van der Waals surface area contributed by atoms with Crippen LogP contribution in [0.4, 0.5) is 17.2 Å². The highest BCUT2D eigenvalue weighted by Crippen LogP contribution is 2.31. The maximum Gasteiger partial charge on any atom is 0.129 e. The number of aromatic amines is 1. The summed E-state index contributed by atoms with van der Waals surface area (Å²) in [5, 5.41) is 12.3. The van der Waals surface area contributed by atoms with Crippen molar-refractivity contribution in [2.75, 3.05) is 36.5 Å². The Bertz CT molecular complexity index is 1150. The summed E-state index contributed by atoms with van der Waals surface area (Å²) >= 11 is 0. The van der Waals surface area contributed by atoms with Crippen molar-refractivity contribution in [3.63, 3.8) is 0 Å². The lowest BCUT2D eigenvalue weighted by Gasteiger charge is -2.27. The number of rotatable bonds is 4. The predicted molar refractivity (Wildman–Crippen MR) is 117 cm³/mol. The number of pyridine rings is 1. The number of aryl methyl sites for hydroxylation is 1. The Kier molecular flexibility index (Phi) is 4.62. The van der Waals surface area contributed by atoms with E-state index < -0.39 is 0 Å². The van der Waals surface area contributed by atoms with E-state index in [0.29, 0.717) is 0 Å². The largest absolute Gasteiger partial charge is 0.378 e. The summed E-state index contributed by atoms with van der Waals surface area (Å²) in [6.45, 7) is 5.30. The Labute approximate surface area is 169 Å². The summed E-state index contributed by atoms with van der Waals surface area (Å²) in [4.78, 5) is 6.81. The molecule has 6 nitrogen and oxygen atoms in total. The number of nitrogens with one attached hydrogen (secondary N) is 2. The molecule has 0 saturated carbocycles. The number of hydrogen-bond acceptors (Lipinski definition) is 5. The van der Waals surface area contributed by atoms with Crippen molar-refractivity contribution >= 4 is 28.1 Å². The molecule has 2 aromatic carbocycles. The smallest absolute Gasteiger partial charge is 0.129 e. The molecule has 0 unspecified atom stereocenters. The predicted octanol–water partition coefficient (Wildman–Crippen LogP) is 4.51. The topological polar surface area (TPSA) is 66.1 Å². The van der Waals surface area contributed by atoms with Crippen LogP contribution in [0.2, 0.25) is 0 Å². The molecular formula is C23H23N5O. The van der Waals surface area contributed by atoms with Gasteiger partial charge in [-0.2, -0.15) is 5.10 Å². The standard InChI is InChI=1S/C23H23N5O/c1-16-3-2-4-18(13-16)25-19-5-6-21-20(15-19)23(27-26-21)17-7-8-24-22(14-17)28-9-11-29-12-10-28/h2-8,13-15,25H,9-12H2,1H3,(H,26,27). The van der Waals surface area contributed by atoms with Crippen molar-refractivity contribution in [3.05, 3.63) is 66.4 Å². The van der Waals surface area contributed by atoms with Gasteiger partial charge in [-0.1, -0.05) is 12.1 Å². The van der Waals surface area contributed by atoms with E-state index in [-0.39, 0.29) is 0 Å². The van der Waals surface area contributed by atoms with E-state index in [1.54, 1.807) is 0 Å². The monoisotopic (exact) mass is 385 g/mol. The zero-order chi connectivity index (χ0) is 19.6. The van der Waals surface area contributed by atoms with E-state index in [9.17, 15) is 0 Å². The highest BCUT2D eigenvalue weighted by molar-refractivity contribution is 5.95. The number of hydrogen-bond donors (Lipinski definition) is 2. The van der Waals surface area contributed by atoms with Crippen LogP contribution in [0, 0.1) is 6.92 Å². The third-order valence-electron chi connectivity index (χ3n) is 5.22. The Morgan fingerprint density at radius 3 is 2.72 bits per heavy atom. The van der Waals surface area contributed by atoms with Gasteiger partial charge in [0.25, 0.3) is 0 Å². The molecule has 1 saturated heterocycles. The van der Waals surface area contributed by atoms with E-state index in [1.165, 1.54) is 5.56 Å². The van der Waals surface area contributed by atoms with Crippen LogP contribution < -0.4 is 10.2 Å². The third kappa shape index (κ3) is 3.67. The summed E-state index contributed by atoms with van der Waals surface area (Å²) in [6, 6.07) is 18.8. The minimum Gasteiger partial charge on any atom is -0.378 e. The van der Waals surface area contributed by atoms with Crippen molar-refractivity contribution in [2.24, 2.45) is 0 Å². The van der Waals surface area contributed by atoms with Gasteiger partial charge in [0.15, 0.2) is 0 Å². The van der Waals surface area contributed by atoms with Crippen LogP contribution in [0.1, 0.15) is 5.56 Å². The number of benzene rings is 2. The lowest BCUT2D eigenvalue weighted by molar-refractivity contribution is 0.122. The molecule has 0 bridgehead atoms. The molecule has 0 atom stereocenters. The zero-order valence-corrected chi connectivity index (χ0v) is 16.4. The summed E-state index contributed by atoms with van der Waals surface area (Å²) in [6.07, 6.45) is 1.86. The van der Waals surface area contributed by atoms with E-state index in [4.69, 9.17) is 4.74 Å². The SMILES string of the molecule is Cc1cccc(Nc2ccc3[nH]nc(-c4ccnc(N5CCOCC5)c4)c3c2)c1. The first-order chi connectivity index (χ1) is 14.3. The van der Waals surface area contributed by atoms with E-state index in [0.717, 1.165) is 65.7 Å². The van der Waals surface area contributed by atoms with Crippen molar-refractivity contribution in [3.8, 4) is 11.3 Å². The molecule has 0 amide bonds. The number of aromatic nitrogens is 3. The fourth-order valence-electron chi connectivity index (χ4n) is 3.73. The quantitative estimate of drug-likeness (QED) is 0.541. The van der Waals surface area contributed by atoms with Crippen molar-refractivity contribution in [2.45, 2.75) is 6.92 Å². The van der Waals surface area contributed by atoms with Gasteiger partial charge in [0, 0.05) is 41.6 Å². The molecular weight excluding hydrogens is 362 g/mol. The van der Waals surface area contributed by atoms with Crippen molar-refractivity contribution in [1.29, 1.82) is 0 Å². The summed E-state index contributed by atoms with van der Waals surface area (Å²) in [5.41, 5.74) is 6.35. The fourth-order valence-corrected chi connectivity index (χ4v) is 3.73. The molecule has 5 rings (SSSR count). The Morgan fingerprint density at radius 2 is 1.86 bits per heavy atom. The average Bonchev–Trinajstić information content (AvgIpc) is 3.18. The molecule has 6 heteroatoms. The number of H-pyrrole nitrogens is 1. The van der Waals surface area contributed by atoms with Crippen LogP contribution in [0.25, 0.3) is 22.2 Å². The number of ether oxygens (including phenoxy) is 1. The minimum atomic E-state index is 0.741. The van der Waals surface area contributed by atoms with Gasteiger partial charge in [-0.25, -0.2) is 4.98 Å². The van der Waals surface area contributed by atoms with Crippen LogP contribution in [-0.4, -0.2) is 41.5 Å². The maximum absolute atomic E-state index is 5.46. The first-order valence-electron chi connectivity index (χ1n) is 9.87. The van der Waals surface area contributed by atoms with E-state index >= 15 is 0 Å². The molecule has 3 heterocycles. The Morgan fingerprint density at radius 1 is 1.00 bits per heavy atom. The molecule has 29 heavy (non-hydrogen) atoms. The summed E-state index contributed by atoms with van der Waals surface area (Å²) < 4.78 is 5.46. The van der Waals surface area contributed by atoms with Gasteiger partial charge in [0.05, 0.1) is 18.7 Å². The molecule has 2 aromatic heterocycles. The molecule has 146 valence electrons. The molecule has 1 aliphatic rings. The maximum atomic E-state index is 5.46. The number of morpholine rings is 1. The molecule has 0 aliphatic carbocycles. The van der Waals surface area contributed by atoms with Gasteiger partial charge in [0.2, 0.25) is 0 Å². The van der Waals surface area contributed by atoms with Gasteiger partial charge in [-0.05, 0) is 55.0 Å². The fraction of sp³-hybridized carbons (Fsp3) is 0.217. The second-order valence-corrected chi connectivity index (χ2v) is 7.33. The van der Waals surface area contributed by atoms with Gasteiger partial charge >= 0.3 is 0 Å². The molecule has 1 fully saturated rings. The second kappa shape index (κ2) is 7.56. The van der Waals surface area contributed by atoms with Crippen LogP contribution in [0.3, 0.4) is 0 Å². The van der Waals surface area contributed by atoms with Gasteiger partial charge < -0.3 is 15.0 Å². The second-order valence-electron chi connectivity index (χ2n) is 7.33. The lowest BCUT2D eigenvalue weighted by Crippen LogP contribution is -2.36. The minimum absolute atomic E-state index is 0.741.